The number of hydrogen-bond acceptors (Lipinski definition) is 5. The minimum Gasteiger partial charge on any atom is -0.370 e. The Bertz CT molecular complexity index is 352. The Morgan fingerprint density at radius 3 is 2.18 bits per heavy atom. The topological polar surface area (TPSA) is 43.4 Å². The number of hydrogen-bond donors (Lipinski definition) is 1. The summed E-state index contributed by atoms with van der Waals surface area (Å²) in [6, 6.07) is 0. The third kappa shape index (κ3) is 8.59. The van der Waals surface area contributed by atoms with Crippen molar-refractivity contribution in [1.29, 1.82) is 0 Å². The zero-order valence-corrected chi connectivity index (χ0v) is 16.4. The molecule has 0 aliphatic rings. The van der Waals surface area contributed by atoms with E-state index in [0.717, 1.165) is 24.3 Å². The van der Waals surface area contributed by atoms with Gasteiger partial charge in [0, 0.05) is 29.4 Å². The molecule has 3 nitrogen and oxygen atoms in total. The molecule has 0 atom stereocenters. The summed E-state index contributed by atoms with van der Waals surface area (Å²) in [5, 5.41) is 0. The van der Waals surface area contributed by atoms with Crippen LogP contribution in [-0.2, 0) is 14.3 Å². The number of thiol groups is 1. The molecule has 22 heavy (non-hydrogen) atoms. The van der Waals surface area contributed by atoms with Crippen LogP contribution >= 0.6 is 24.4 Å². The third-order valence-corrected chi connectivity index (χ3v) is 5.29. The normalized spacial score (nSPS) is 12.5. The first-order chi connectivity index (χ1) is 10.2. The minimum atomic E-state index is -0.276. The lowest BCUT2D eigenvalue weighted by Crippen LogP contribution is -2.25. The summed E-state index contributed by atoms with van der Waals surface area (Å²) in [5.41, 5.74) is -0.525. The van der Waals surface area contributed by atoms with Gasteiger partial charge in [0.2, 0.25) is 0 Å². The molecule has 0 spiro atoms. The van der Waals surface area contributed by atoms with Crippen molar-refractivity contribution in [3.8, 4) is 0 Å². The predicted molar refractivity (Wildman–Crippen MR) is 98.8 cm³/mol. The van der Waals surface area contributed by atoms with E-state index in [2.05, 4.69) is 12.6 Å². The third-order valence-electron chi connectivity index (χ3n) is 4.24. The van der Waals surface area contributed by atoms with Crippen molar-refractivity contribution in [3.05, 3.63) is 0 Å². The molecular formula is C17H32O3S2. The number of thioether (sulfide) groups is 1. The summed E-state index contributed by atoms with van der Waals surface area (Å²) < 4.78 is 5.48. The van der Waals surface area contributed by atoms with E-state index in [0.29, 0.717) is 25.4 Å². The lowest BCUT2D eigenvalue weighted by Gasteiger charge is -2.22. The highest BCUT2D eigenvalue weighted by molar-refractivity contribution is 7.99. The average Bonchev–Trinajstić information content (AvgIpc) is 2.45. The van der Waals surface area contributed by atoms with Crippen molar-refractivity contribution in [2.75, 3.05) is 24.1 Å². The summed E-state index contributed by atoms with van der Waals surface area (Å²) in [6.45, 7) is 10.4. The van der Waals surface area contributed by atoms with Crippen LogP contribution in [0.15, 0.2) is 0 Å². The second kappa shape index (κ2) is 10.7. The minimum absolute atomic E-state index is 0.249. The lowest BCUT2D eigenvalue weighted by molar-refractivity contribution is -0.128. The van der Waals surface area contributed by atoms with Crippen molar-refractivity contribution in [2.45, 2.75) is 60.3 Å². The number of ether oxygens (including phenoxy) is 1. The van der Waals surface area contributed by atoms with E-state index >= 15 is 0 Å². The van der Waals surface area contributed by atoms with Crippen molar-refractivity contribution in [1.82, 2.24) is 0 Å². The van der Waals surface area contributed by atoms with Crippen LogP contribution in [-0.4, -0.2) is 35.6 Å². The molecule has 0 heterocycles. The average molecular weight is 349 g/mol. The fraction of sp³-hybridized carbons (Fsp3) is 0.882. The van der Waals surface area contributed by atoms with E-state index < -0.39 is 0 Å². The van der Waals surface area contributed by atoms with Crippen molar-refractivity contribution in [3.63, 3.8) is 0 Å². The van der Waals surface area contributed by atoms with Gasteiger partial charge in [0.25, 0.3) is 0 Å². The summed E-state index contributed by atoms with van der Waals surface area (Å²) in [7, 11) is 0. The lowest BCUT2D eigenvalue weighted by atomic mass is 9.84. The Balaban J connectivity index is 3.71. The van der Waals surface area contributed by atoms with Gasteiger partial charge in [0.15, 0.2) is 0 Å². The van der Waals surface area contributed by atoms with Gasteiger partial charge in [0.05, 0.1) is 12.5 Å². The van der Waals surface area contributed by atoms with Gasteiger partial charge >= 0.3 is 0 Å². The Kier molecular flexibility index (Phi) is 10.7. The molecule has 0 aliphatic heterocycles. The summed E-state index contributed by atoms with van der Waals surface area (Å²) in [5.74, 6) is 2.58. The van der Waals surface area contributed by atoms with Crippen molar-refractivity contribution >= 4 is 36.0 Å². The Hall–Kier alpha value is -0.0000000000000000555. The first kappa shape index (κ1) is 22.0. The van der Waals surface area contributed by atoms with E-state index in [1.807, 2.05) is 34.6 Å². The standard InChI is InChI=1S/C17H32O3S2/c1-6-16(2,3)14(18)7-10-20-13-22-12-8-15(19)17(4,5)9-11-21/h21H,6-13H2,1-5H3. The highest BCUT2D eigenvalue weighted by Gasteiger charge is 2.26. The van der Waals surface area contributed by atoms with Crippen LogP contribution in [0.5, 0.6) is 0 Å². The maximum Gasteiger partial charge on any atom is 0.140 e. The van der Waals surface area contributed by atoms with Crippen LogP contribution in [0.25, 0.3) is 0 Å². The fourth-order valence-electron chi connectivity index (χ4n) is 1.80. The monoisotopic (exact) mass is 348 g/mol. The highest BCUT2D eigenvalue weighted by Crippen LogP contribution is 2.25. The van der Waals surface area contributed by atoms with Crippen LogP contribution in [0.2, 0.25) is 0 Å². The molecule has 0 N–H and O–H groups in total. The molecule has 5 heteroatoms. The number of rotatable bonds is 13. The zero-order chi connectivity index (χ0) is 17.2. The number of ketones is 2. The first-order valence-electron chi connectivity index (χ1n) is 8.00. The maximum atomic E-state index is 12.0. The largest absolute Gasteiger partial charge is 0.370 e. The predicted octanol–water partition coefficient (Wildman–Crippen LogP) is 4.39. The van der Waals surface area contributed by atoms with Crippen LogP contribution in [0.1, 0.15) is 60.3 Å². The van der Waals surface area contributed by atoms with E-state index in [-0.39, 0.29) is 22.4 Å². The molecule has 0 fully saturated rings. The van der Waals surface area contributed by atoms with Gasteiger partial charge in [-0.1, -0.05) is 34.6 Å². The van der Waals surface area contributed by atoms with Gasteiger partial charge in [-0.3, -0.25) is 9.59 Å². The van der Waals surface area contributed by atoms with E-state index in [9.17, 15) is 9.59 Å². The van der Waals surface area contributed by atoms with Crippen molar-refractivity contribution in [2.24, 2.45) is 10.8 Å². The summed E-state index contributed by atoms with van der Waals surface area (Å²) in [4.78, 5) is 24.0. The van der Waals surface area contributed by atoms with Gasteiger partial charge in [-0.25, -0.2) is 0 Å². The smallest absolute Gasteiger partial charge is 0.140 e. The van der Waals surface area contributed by atoms with E-state index in [4.69, 9.17) is 4.74 Å². The van der Waals surface area contributed by atoms with Crippen molar-refractivity contribution < 1.29 is 14.3 Å². The van der Waals surface area contributed by atoms with Gasteiger partial charge < -0.3 is 4.74 Å². The molecule has 0 aliphatic carbocycles. The van der Waals surface area contributed by atoms with E-state index in [1.165, 1.54) is 0 Å². The summed E-state index contributed by atoms with van der Waals surface area (Å²) >= 11 is 5.80. The second-order valence-corrected chi connectivity index (χ2v) is 8.38. The Morgan fingerprint density at radius 2 is 1.64 bits per heavy atom. The summed E-state index contributed by atoms with van der Waals surface area (Å²) in [6.07, 6.45) is 2.70. The van der Waals surface area contributed by atoms with Crippen LogP contribution in [0.3, 0.4) is 0 Å². The molecule has 0 saturated heterocycles. The second-order valence-electron chi connectivity index (χ2n) is 6.88. The van der Waals surface area contributed by atoms with Gasteiger partial charge in [-0.15, -0.1) is 11.8 Å². The maximum absolute atomic E-state index is 12.0. The molecular weight excluding hydrogens is 316 g/mol. The van der Waals surface area contributed by atoms with Crippen LogP contribution in [0.4, 0.5) is 0 Å². The first-order valence-corrected chi connectivity index (χ1v) is 9.79. The molecule has 0 aromatic heterocycles. The molecule has 0 rings (SSSR count). The molecule has 0 amide bonds. The van der Waals surface area contributed by atoms with Crippen LogP contribution in [0, 0.1) is 10.8 Å². The molecule has 0 bridgehead atoms. The highest BCUT2D eigenvalue weighted by atomic mass is 32.2. The SMILES string of the molecule is CCC(C)(C)C(=O)CCOCSCCC(=O)C(C)(C)CCS. The van der Waals surface area contributed by atoms with Crippen LogP contribution < -0.4 is 0 Å². The molecule has 0 unspecified atom stereocenters. The number of Topliss-reactive ketones (excluding diaryl/α,β-unsaturated/α-hetero) is 2. The molecule has 0 aromatic rings. The fourth-order valence-corrected chi connectivity index (χ4v) is 3.04. The van der Waals surface area contributed by atoms with Gasteiger partial charge in [-0.05, 0) is 18.6 Å². The van der Waals surface area contributed by atoms with Gasteiger partial charge in [0.1, 0.15) is 11.6 Å². The Labute approximate surface area is 145 Å². The molecule has 0 saturated carbocycles. The molecule has 0 aromatic carbocycles. The number of carbonyl (C=O) groups is 2. The van der Waals surface area contributed by atoms with Gasteiger partial charge in [-0.2, -0.15) is 12.6 Å². The molecule has 130 valence electrons. The zero-order valence-electron chi connectivity index (χ0n) is 14.7. The Morgan fingerprint density at radius 1 is 1.05 bits per heavy atom. The number of carbonyl (C=O) groups excluding carboxylic acids is 2. The molecule has 0 radical (unpaired) electrons. The van der Waals surface area contributed by atoms with E-state index in [1.54, 1.807) is 11.8 Å². The quantitative estimate of drug-likeness (QED) is 0.304.